The zero-order chi connectivity index (χ0) is 19.1. The highest BCUT2D eigenvalue weighted by molar-refractivity contribution is 6.30. The van der Waals surface area contributed by atoms with E-state index in [1.165, 1.54) is 5.56 Å². The highest BCUT2D eigenvalue weighted by atomic mass is 35.5. The third-order valence-corrected chi connectivity index (χ3v) is 5.00. The van der Waals surface area contributed by atoms with Crippen molar-refractivity contribution in [1.29, 1.82) is 0 Å². The number of morpholine rings is 1. The summed E-state index contributed by atoms with van der Waals surface area (Å²) in [6.45, 7) is 6.64. The Morgan fingerprint density at radius 2 is 1.78 bits per heavy atom. The van der Waals surface area contributed by atoms with Crippen LogP contribution in [0.4, 0.5) is 10.5 Å². The second-order valence-electron chi connectivity index (χ2n) is 6.77. The van der Waals surface area contributed by atoms with Crippen molar-refractivity contribution in [1.82, 2.24) is 10.2 Å². The van der Waals surface area contributed by atoms with E-state index in [-0.39, 0.29) is 12.1 Å². The zero-order valence-electron chi connectivity index (χ0n) is 15.6. The van der Waals surface area contributed by atoms with E-state index < -0.39 is 0 Å². The molecular formula is C21H26ClN3O2. The molecule has 2 aromatic rings. The zero-order valence-corrected chi connectivity index (χ0v) is 16.3. The van der Waals surface area contributed by atoms with Crippen LogP contribution in [0.15, 0.2) is 48.5 Å². The third kappa shape index (κ3) is 6.24. The van der Waals surface area contributed by atoms with Crippen molar-refractivity contribution in [3.8, 4) is 0 Å². The van der Waals surface area contributed by atoms with Gasteiger partial charge in [-0.05, 0) is 48.7 Å². The number of halogens is 1. The van der Waals surface area contributed by atoms with Crippen LogP contribution >= 0.6 is 11.6 Å². The maximum Gasteiger partial charge on any atom is 0.319 e. The Balaban J connectivity index is 1.45. The van der Waals surface area contributed by atoms with Crippen LogP contribution in [0.3, 0.4) is 0 Å². The van der Waals surface area contributed by atoms with Gasteiger partial charge in [0, 0.05) is 30.3 Å². The Morgan fingerprint density at radius 3 is 2.44 bits per heavy atom. The first-order valence-electron chi connectivity index (χ1n) is 9.32. The normalized spacial score (nSPS) is 15.9. The summed E-state index contributed by atoms with van der Waals surface area (Å²) in [4.78, 5) is 14.6. The molecule has 0 bridgehead atoms. The highest BCUT2D eigenvalue weighted by Gasteiger charge is 2.11. The van der Waals surface area contributed by atoms with E-state index in [9.17, 15) is 4.79 Å². The van der Waals surface area contributed by atoms with Gasteiger partial charge in [0.25, 0.3) is 0 Å². The van der Waals surface area contributed by atoms with Gasteiger partial charge in [-0.3, -0.25) is 4.90 Å². The Morgan fingerprint density at radius 1 is 1.11 bits per heavy atom. The number of benzene rings is 2. The second-order valence-corrected chi connectivity index (χ2v) is 7.21. The Bertz CT molecular complexity index is 728. The van der Waals surface area contributed by atoms with Crippen LogP contribution in [-0.2, 0) is 11.2 Å². The molecule has 0 spiro atoms. The van der Waals surface area contributed by atoms with Crippen molar-refractivity contribution >= 4 is 23.3 Å². The fourth-order valence-electron chi connectivity index (χ4n) is 3.07. The summed E-state index contributed by atoms with van der Waals surface area (Å²) in [5, 5.41) is 6.50. The molecule has 1 heterocycles. The van der Waals surface area contributed by atoms with Gasteiger partial charge in [-0.1, -0.05) is 35.9 Å². The number of amides is 2. The monoisotopic (exact) mass is 387 g/mol. The minimum Gasteiger partial charge on any atom is -0.379 e. The van der Waals surface area contributed by atoms with E-state index in [1.807, 2.05) is 43.3 Å². The summed E-state index contributed by atoms with van der Waals surface area (Å²) < 4.78 is 5.37. The first kappa shape index (κ1) is 19.7. The van der Waals surface area contributed by atoms with Gasteiger partial charge in [0.15, 0.2) is 0 Å². The molecule has 1 saturated heterocycles. The largest absolute Gasteiger partial charge is 0.379 e. The molecule has 144 valence electrons. The molecule has 5 nitrogen and oxygen atoms in total. The molecule has 0 saturated carbocycles. The second kappa shape index (κ2) is 9.74. The molecule has 1 atom stereocenters. The van der Waals surface area contributed by atoms with Crippen molar-refractivity contribution in [3.05, 3.63) is 64.7 Å². The average molecular weight is 388 g/mol. The predicted octanol–water partition coefficient (Wildman–Crippen LogP) is 4.10. The van der Waals surface area contributed by atoms with Gasteiger partial charge in [-0.25, -0.2) is 4.79 Å². The molecule has 27 heavy (non-hydrogen) atoms. The smallest absolute Gasteiger partial charge is 0.319 e. The Labute approximate surface area is 165 Å². The number of rotatable bonds is 6. The summed E-state index contributed by atoms with van der Waals surface area (Å²) in [5.74, 6) is 0. The van der Waals surface area contributed by atoms with Gasteiger partial charge in [0.05, 0.1) is 19.3 Å². The fourth-order valence-corrected chi connectivity index (χ4v) is 3.19. The first-order valence-corrected chi connectivity index (χ1v) is 9.70. The summed E-state index contributed by atoms with van der Waals surface area (Å²) in [5.41, 5.74) is 3.06. The standard InChI is InChI=1S/C21H26ClN3O2/c1-16(18-4-6-19(22)7-5-18)23-21(26)24-20-8-2-17(3-9-20)10-11-25-12-14-27-15-13-25/h2-9,16H,10-15H2,1H3,(H2,23,24,26). The maximum atomic E-state index is 12.2. The van der Waals surface area contributed by atoms with Crippen LogP contribution in [0.25, 0.3) is 0 Å². The van der Waals surface area contributed by atoms with Crippen LogP contribution in [0.2, 0.25) is 5.02 Å². The summed E-state index contributed by atoms with van der Waals surface area (Å²) in [6.07, 6.45) is 1.00. The summed E-state index contributed by atoms with van der Waals surface area (Å²) in [7, 11) is 0. The van der Waals surface area contributed by atoms with E-state index in [4.69, 9.17) is 16.3 Å². The maximum absolute atomic E-state index is 12.2. The molecule has 2 N–H and O–H groups in total. The number of anilines is 1. The van der Waals surface area contributed by atoms with E-state index in [2.05, 4.69) is 27.7 Å². The fraction of sp³-hybridized carbons (Fsp3) is 0.381. The van der Waals surface area contributed by atoms with Crippen molar-refractivity contribution < 1.29 is 9.53 Å². The van der Waals surface area contributed by atoms with Crippen LogP contribution < -0.4 is 10.6 Å². The van der Waals surface area contributed by atoms with Crippen molar-refractivity contribution in [2.24, 2.45) is 0 Å². The quantitative estimate of drug-likeness (QED) is 0.784. The topological polar surface area (TPSA) is 53.6 Å². The molecule has 2 amide bonds. The Hall–Kier alpha value is -2.08. The van der Waals surface area contributed by atoms with Gasteiger partial charge in [0.1, 0.15) is 0 Å². The van der Waals surface area contributed by atoms with Gasteiger partial charge >= 0.3 is 6.03 Å². The number of hydrogen-bond donors (Lipinski definition) is 2. The van der Waals surface area contributed by atoms with Gasteiger partial charge in [0.2, 0.25) is 0 Å². The van der Waals surface area contributed by atoms with Crippen LogP contribution in [-0.4, -0.2) is 43.8 Å². The molecule has 2 aromatic carbocycles. The lowest BCUT2D eigenvalue weighted by Crippen LogP contribution is -2.37. The predicted molar refractivity (Wildman–Crippen MR) is 109 cm³/mol. The van der Waals surface area contributed by atoms with Crippen LogP contribution in [0.1, 0.15) is 24.1 Å². The molecule has 0 aliphatic carbocycles. The number of nitrogens with zero attached hydrogens (tertiary/aromatic N) is 1. The number of carbonyl (C=O) groups is 1. The summed E-state index contributed by atoms with van der Waals surface area (Å²) in [6, 6.07) is 15.2. The lowest BCUT2D eigenvalue weighted by molar-refractivity contribution is 0.0384. The number of urea groups is 1. The van der Waals surface area contributed by atoms with E-state index in [0.717, 1.165) is 50.5 Å². The molecule has 1 aliphatic rings. The molecule has 3 rings (SSSR count). The van der Waals surface area contributed by atoms with Crippen LogP contribution in [0, 0.1) is 0 Å². The number of carbonyl (C=O) groups excluding carboxylic acids is 1. The molecule has 1 aliphatic heterocycles. The molecule has 1 fully saturated rings. The van der Waals surface area contributed by atoms with Crippen molar-refractivity contribution in [2.75, 3.05) is 38.2 Å². The van der Waals surface area contributed by atoms with E-state index in [0.29, 0.717) is 5.02 Å². The van der Waals surface area contributed by atoms with Crippen molar-refractivity contribution in [2.45, 2.75) is 19.4 Å². The minimum absolute atomic E-state index is 0.102. The van der Waals surface area contributed by atoms with Crippen molar-refractivity contribution in [3.63, 3.8) is 0 Å². The molecule has 6 heteroatoms. The number of nitrogens with one attached hydrogen (secondary N) is 2. The average Bonchev–Trinajstić information content (AvgIpc) is 2.68. The number of ether oxygens (including phenoxy) is 1. The third-order valence-electron chi connectivity index (χ3n) is 4.75. The molecular weight excluding hydrogens is 362 g/mol. The number of hydrogen-bond acceptors (Lipinski definition) is 3. The lowest BCUT2D eigenvalue weighted by Gasteiger charge is -2.26. The van der Waals surface area contributed by atoms with Gasteiger partial charge in [-0.15, -0.1) is 0 Å². The molecule has 0 radical (unpaired) electrons. The van der Waals surface area contributed by atoms with Gasteiger partial charge in [-0.2, -0.15) is 0 Å². The van der Waals surface area contributed by atoms with Crippen LogP contribution in [0.5, 0.6) is 0 Å². The Kier molecular flexibility index (Phi) is 7.10. The lowest BCUT2D eigenvalue weighted by atomic mass is 10.1. The minimum atomic E-state index is -0.224. The highest BCUT2D eigenvalue weighted by Crippen LogP contribution is 2.16. The first-order chi connectivity index (χ1) is 13.1. The SMILES string of the molecule is CC(NC(=O)Nc1ccc(CCN2CCOCC2)cc1)c1ccc(Cl)cc1. The molecule has 0 aromatic heterocycles. The summed E-state index contributed by atoms with van der Waals surface area (Å²) >= 11 is 5.90. The van der Waals surface area contributed by atoms with Gasteiger partial charge < -0.3 is 15.4 Å². The van der Waals surface area contributed by atoms with E-state index in [1.54, 1.807) is 0 Å². The molecule has 1 unspecified atom stereocenters. The van der Waals surface area contributed by atoms with E-state index >= 15 is 0 Å².